The van der Waals surface area contributed by atoms with Gasteiger partial charge < -0.3 is 4.74 Å². The van der Waals surface area contributed by atoms with E-state index in [0.29, 0.717) is 32.3 Å². The third-order valence-electron chi connectivity index (χ3n) is 5.33. The van der Waals surface area contributed by atoms with Gasteiger partial charge in [-0.25, -0.2) is 9.69 Å². The van der Waals surface area contributed by atoms with E-state index in [2.05, 4.69) is 27.8 Å². The minimum absolute atomic E-state index is 0.189. The summed E-state index contributed by atoms with van der Waals surface area (Å²) in [5, 5.41) is 3.26. The summed E-state index contributed by atoms with van der Waals surface area (Å²) in [5.41, 5.74) is 2.28. The molecule has 182 valence electrons. The van der Waals surface area contributed by atoms with Crippen LogP contribution >= 0.6 is 39.1 Å². The second-order valence-electron chi connectivity index (χ2n) is 7.80. The maximum atomic E-state index is 13.2. The number of hydrogen-bond acceptors (Lipinski definition) is 4. The number of imide groups is 2. The van der Waals surface area contributed by atoms with E-state index in [4.69, 9.17) is 27.9 Å². The first-order valence-electron chi connectivity index (χ1n) is 10.7. The predicted octanol–water partition coefficient (Wildman–Crippen LogP) is 6.73. The van der Waals surface area contributed by atoms with Gasteiger partial charge in [0, 0.05) is 15.6 Å². The fourth-order valence-electron chi connectivity index (χ4n) is 3.64. The lowest BCUT2D eigenvalue weighted by atomic mass is 10.0. The number of urea groups is 1. The molecule has 6 nitrogen and oxygen atoms in total. The van der Waals surface area contributed by atoms with E-state index in [1.807, 2.05) is 18.2 Å². The Labute approximate surface area is 226 Å². The van der Waals surface area contributed by atoms with Gasteiger partial charge in [0.25, 0.3) is 11.8 Å². The maximum Gasteiger partial charge on any atom is 0.335 e. The topological polar surface area (TPSA) is 75.7 Å². The number of nitrogens with zero attached hydrogens (tertiary/aromatic N) is 1. The number of carbonyl (C=O) groups is 3. The molecule has 1 N–H and O–H groups in total. The number of amides is 4. The summed E-state index contributed by atoms with van der Waals surface area (Å²) in [6, 6.07) is 16.2. The van der Waals surface area contributed by atoms with E-state index in [0.717, 1.165) is 16.0 Å². The summed E-state index contributed by atoms with van der Waals surface area (Å²) < 4.78 is 6.68. The zero-order valence-electron chi connectivity index (χ0n) is 18.8. The fraction of sp³-hybridized carbons (Fsp3) is 0.0741. The minimum atomic E-state index is -0.832. The Morgan fingerprint density at radius 2 is 1.72 bits per heavy atom. The van der Waals surface area contributed by atoms with E-state index < -0.39 is 17.8 Å². The van der Waals surface area contributed by atoms with Gasteiger partial charge >= 0.3 is 6.03 Å². The molecule has 1 fully saturated rings. The highest BCUT2D eigenvalue weighted by molar-refractivity contribution is 9.10. The Hall–Kier alpha value is -3.39. The van der Waals surface area contributed by atoms with Gasteiger partial charge in [-0.1, -0.05) is 47.5 Å². The third kappa shape index (κ3) is 5.54. The second-order valence-corrected chi connectivity index (χ2v) is 9.50. The largest absolute Gasteiger partial charge is 0.487 e. The third-order valence-corrected chi connectivity index (χ3v) is 6.54. The van der Waals surface area contributed by atoms with Gasteiger partial charge in [0.05, 0.1) is 10.2 Å². The minimum Gasteiger partial charge on any atom is -0.487 e. The molecule has 4 amide bonds. The average molecular weight is 586 g/mol. The molecule has 0 unspecified atom stereocenters. The number of anilines is 1. The van der Waals surface area contributed by atoms with Crippen LogP contribution in [-0.4, -0.2) is 17.8 Å². The quantitative estimate of drug-likeness (QED) is 0.189. The smallest absolute Gasteiger partial charge is 0.335 e. The van der Waals surface area contributed by atoms with Crippen LogP contribution in [0.5, 0.6) is 5.75 Å². The van der Waals surface area contributed by atoms with Gasteiger partial charge in [-0.3, -0.25) is 14.9 Å². The number of halogens is 3. The number of hydrogen-bond donors (Lipinski definition) is 1. The molecule has 1 aliphatic rings. The van der Waals surface area contributed by atoms with Crippen molar-refractivity contribution in [3.8, 4) is 5.75 Å². The molecule has 9 heteroatoms. The Balaban J connectivity index is 1.67. The molecule has 36 heavy (non-hydrogen) atoms. The summed E-state index contributed by atoms with van der Waals surface area (Å²) in [4.78, 5) is 39.0. The van der Waals surface area contributed by atoms with E-state index in [-0.39, 0.29) is 17.9 Å². The van der Waals surface area contributed by atoms with Crippen LogP contribution in [0.15, 0.2) is 83.4 Å². The standard InChI is InChI=1S/C27H19BrCl2N2O4/c1-2-5-17-12-16(14-22(28)24(17)36-15-18-6-3-4-7-23(18)30)13-21-25(33)31-27(35)32(26(21)34)20-10-8-19(29)9-11-20/h2-4,6-14H,1,5,15H2,(H,31,33,35)/b21-13+. The highest BCUT2D eigenvalue weighted by atomic mass is 79.9. The highest BCUT2D eigenvalue weighted by Crippen LogP contribution is 2.34. The zero-order valence-corrected chi connectivity index (χ0v) is 21.9. The molecule has 0 aromatic heterocycles. The van der Waals surface area contributed by atoms with Crippen molar-refractivity contribution in [2.75, 3.05) is 4.90 Å². The Morgan fingerprint density at radius 3 is 2.42 bits per heavy atom. The summed E-state index contributed by atoms with van der Waals surface area (Å²) in [6.07, 6.45) is 3.63. The van der Waals surface area contributed by atoms with Crippen molar-refractivity contribution < 1.29 is 19.1 Å². The summed E-state index contributed by atoms with van der Waals surface area (Å²) in [6.45, 7) is 4.06. The number of rotatable bonds is 7. The molecule has 3 aromatic carbocycles. The number of barbiturate groups is 1. The first-order chi connectivity index (χ1) is 17.3. The van der Waals surface area contributed by atoms with Crippen molar-refractivity contribution in [2.24, 2.45) is 0 Å². The molecule has 0 aliphatic carbocycles. The molecule has 1 heterocycles. The monoisotopic (exact) mass is 584 g/mol. The molecule has 0 bridgehead atoms. The van der Waals surface area contributed by atoms with Crippen LogP contribution in [0, 0.1) is 0 Å². The molecule has 1 saturated heterocycles. The molecule has 1 aliphatic heterocycles. The van der Waals surface area contributed by atoms with Gasteiger partial charge in [0.1, 0.15) is 17.9 Å². The predicted molar refractivity (Wildman–Crippen MR) is 144 cm³/mol. The number of carbonyl (C=O) groups excluding carboxylic acids is 3. The van der Waals surface area contributed by atoms with E-state index >= 15 is 0 Å². The average Bonchev–Trinajstić information content (AvgIpc) is 2.83. The van der Waals surface area contributed by atoms with Crippen molar-refractivity contribution in [1.82, 2.24) is 5.32 Å². The summed E-state index contributed by atoms with van der Waals surface area (Å²) >= 11 is 15.7. The van der Waals surface area contributed by atoms with Crippen LogP contribution < -0.4 is 15.0 Å². The number of benzene rings is 3. The molecular weight excluding hydrogens is 567 g/mol. The molecule has 0 saturated carbocycles. The lowest BCUT2D eigenvalue weighted by Gasteiger charge is -2.26. The van der Waals surface area contributed by atoms with Crippen molar-refractivity contribution in [2.45, 2.75) is 13.0 Å². The van der Waals surface area contributed by atoms with Gasteiger partial charge in [-0.2, -0.15) is 0 Å². The molecule has 0 spiro atoms. The maximum absolute atomic E-state index is 13.2. The normalized spacial score (nSPS) is 14.7. The van der Waals surface area contributed by atoms with Gasteiger partial charge in [-0.05, 0) is 82.0 Å². The van der Waals surface area contributed by atoms with Gasteiger partial charge in [-0.15, -0.1) is 6.58 Å². The summed E-state index contributed by atoms with van der Waals surface area (Å²) in [7, 11) is 0. The van der Waals surface area contributed by atoms with Gasteiger partial charge in [0.15, 0.2) is 0 Å². The molecule has 0 atom stereocenters. The molecule has 3 aromatic rings. The fourth-order valence-corrected chi connectivity index (χ4v) is 4.59. The van der Waals surface area contributed by atoms with Crippen molar-refractivity contribution in [3.05, 3.63) is 110 Å². The first-order valence-corrected chi connectivity index (χ1v) is 12.3. The van der Waals surface area contributed by atoms with E-state index in [1.54, 1.807) is 36.4 Å². The van der Waals surface area contributed by atoms with Crippen molar-refractivity contribution in [1.29, 1.82) is 0 Å². The molecular formula is C27H19BrCl2N2O4. The SMILES string of the molecule is C=CCc1cc(/C=C2\C(=O)NC(=O)N(c3ccc(Cl)cc3)C2=O)cc(Br)c1OCc1ccccc1Cl. The van der Waals surface area contributed by atoms with Gasteiger partial charge in [0.2, 0.25) is 0 Å². The van der Waals surface area contributed by atoms with E-state index in [1.165, 1.54) is 18.2 Å². The van der Waals surface area contributed by atoms with Crippen LogP contribution in [-0.2, 0) is 22.6 Å². The molecule has 0 radical (unpaired) electrons. The van der Waals surface area contributed by atoms with Crippen LogP contribution in [0.1, 0.15) is 16.7 Å². The molecule has 4 rings (SSSR count). The Kier molecular flexibility index (Phi) is 7.94. The lowest BCUT2D eigenvalue weighted by Crippen LogP contribution is -2.54. The second kappa shape index (κ2) is 11.1. The summed E-state index contributed by atoms with van der Waals surface area (Å²) in [5.74, 6) is -0.934. The number of ether oxygens (including phenoxy) is 1. The highest BCUT2D eigenvalue weighted by Gasteiger charge is 2.36. The van der Waals surface area contributed by atoms with Crippen LogP contribution in [0.2, 0.25) is 10.0 Å². The first kappa shape index (κ1) is 25.7. The number of allylic oxidation sites excluding steroid dienone is 1. The zero-order chi connectivity index (χ0) is 25.8. The number of nitrogens with one attached hydrogen (secondary N) is 1. The van der Waals surface area contributed by atoms with Crippen LogP contribution in [0.3, 0.4) is 0 Å². The van der Waals surface area contributed by atoms with Crippen molar-refractivity contribution >= 4 is 68.7 Å². The van der Waals surface area contributed by atoms with E-state index in [9.17, 15) is 14.4 Å². The Bertz CT molecular complexity index is 1400. The van der Waals surface area contributed by atoms with Crippen LogP contribution in [0.4, 0.5) is 10.5 Å². The Morgan fingerprint density at radius 1 is 1.00 bits per heavy atom. The van der Waals surface area contributed by atoms with Crippen molar-refractivity contribution in [3.63, 3.8) is 0 Å². The lowest BCUT2D eigenvalue weighted by molar-refractivity contribution is -0.122. The van der Waals surface area contributed by atoms with Crippen LogP contribution in [0.25, 0.3) is 6.08 Å².